The molecule has 0 aliphatic rings. The number of aromatic amines is 1. The maximum Gasteiger partial charge on any atom is 0.261 e. The van der Waals surface area contributed by atoms with E-state index in [1.54, 1.807) is 18.7 Å². The first-order chi connectivity index (χ1) is 15.3. The van der Waals surface area contributed by atoms with Crippen LogP contribution in [0.4, 0.5) is 0 Å². The van der Waals surface area contributed by atoms with Gasteiger partial charge in [-0.15, -0.1) is 23.1 Å². The van der Waals surface area contributed by atoms with Crippen LogP contribution in [0, 0.1) is 26.7 Å². The Morgan fingerprint density at radius 2 is 2.06 bits per heavy atom. The Bertz CT molecular complexity index is 1150. The molecule has 0 unspecified atom stereocenters. The molecular weight excluding hydrogens is 442 g/mol. The van der Waals surface area contributed by atoms with Crippen LogP contribution in [0.1, 0.15) is 52.5 Å². The highest BCUT2D eigenvalue weighted by molar-refractivity contribution is 7.98. The van der Waals surface area contributed by atoms with E-state index in [1.165, 1.54) is 27.4 Å². The summed E-state index contributed by atoms with van der Waals surface area (Å²) in [4.78, 5) is 35.3. The lowest BCUT2D eigenvalue weighted by Crippen LogP contribution is -2.25. The molecule has 0 radical (unpaired) electrons. The Labute approximate surface area is 197 Å². The van der Waals surface area contributed by atoms with Crippen molar-refractivity contribution in [3.63, 3.8) is 0 Å². The molecule has 3 rings (SSSR count). The molecule has 6 nitrogen and oxygen atoms in total. The Morgan fingerprint density at radius 1 is 1.28 bits per heavy atom. The van der Waals surface area contributed by atoms with E-state index in [2.05, 4.69) is 61.2 Å². The Morgan fingerprint density at radius 3 is 2.81 bits per heavy atom. The van der Waals surface area contributed by atoms with E-state index >= 15 is 0 Å². The molecule has 3 aromatic rings. The number of thiophene rings is 1. The second kappa shape index (κ2) is 11.1. The standard InChI is InChI=1S/C24H31N3O3S2/c1-14(2)12-30-10-6-9-25-23(29)21-17(5)20-22(28)26-19(27-24(20)32-21)13-31-18-11-15(3)7-8-16(18)4/h7-8,11,14H,6,9-10,12-13H2,1-5H3,(H,25,29)(H,26,27,28). The van der Waals surface area contributed by atoms with E-state index < -0.39 is 0 Å². The second-order valence-corrected chi connectivity index (χ2v) is 10.4. The van der Waals surface area contributed by atoms with Crippen molar-refractivity contribution in [3.8, 4) is 0 Å². The molecule has 0 spiro atoms. The summed E-state index contributed by atoms with van der Waals surface area (Å²) in [5, 5.41) is 3.43. The number of H-pyrrole nitrogens is 1. The summed E-state index contributed by atoms with van der Waals surface area (Å²) in [5.74, 6) is 1.51. The molecule has 0 aliphatic heterocycles. The molecule has 2 heterocycles. The summed E-state index contributed by atoms with van der Waals surface area (Å²) in [6.07, 6.45) is 0.751. The van der Waals surface area contributed by atoms with Crippen LogP contribution in [0.5, 0.6) is 0 Å². The first-order valence-electron chi connectivity index (χ1n) is 10.8. The van der Waals surface area contributed by atoms with Crippen molar-refractivity contribution >= 4 is 39.2 Å². The number of aryl methyl sites for hydroxylation is 3. The molecule has 0 bridgehead atoms. The summed E-state index contributed by atoms with van der Waals surface area (Å²) in [6, 6.07) is 6.33. The first-order valence-corrected chi connectivity index (χ1v) is 12.6. The van der Waals surface area contributed by atoms with E-state index in [0.717, 1.165) is 13.0 Å². The molecule has 2 aromatic heterocycles. The molecule has 1 aromatic carbocycles. The molecule has 0 saturated carbocycles. The highest BCUT2D eigenvalue weighted by Crippen LogP contribution is 2.29. The lowest BCUT2D eigenvalue weighted by Gasteiger charge is -2.07. The van der Waals surface area contributed by atoms with E-state index in [0.29, 0.717) is 51.3 Å². The topological polar surface area (TPSA) is 84.1 Å². The van der Waals surface area contributed by atoms with Gasteiger partial charge >= 0.3 is 0 Å². The average Bonchev–Trinajstić information content (AvgIpc) is 3.07. The third kappa shape index (κ3) is 6.21. The van der Waals surface area contributed by atoms with Crippen LogP contribution in [0.3, 0.4) is 0 Å². The van der Waals surface area contributed by atoms with E-state index in [-0.39, 0.29) is 11.5 Å². The summed E-state index contributed by atoms with van der Waals surface area (Å²) in [6.45, 7) is 12.0. The normalized spacial score (nSPS) is 11.4. The highest BCUT2D eigenvalue weighted by Gasteiger charge is 2.19. The monoisotopic (exact) mass is 473 g/mol. The zero-order valence-corrected chi connectivity index (χ0v) is 21.0. The third-order valence-corrected chi connectivity index (χ3v) is 7.32. The number of aromatic nitrogens is 2. The minimum absolute atomic E-state index is 0.167. The van der Waals surface area contributed by atoms with Gasteiger partial charge < -0.3 is 15.0 Å². The molecule has 2 N–H and O–H groups in total. The van der Waals surface area contributed by atoms with Crippen molar-refractivity contribution in [2.24, 2.45) is 5.92 Å². The van der Waals surface area contributed by atoms with Crippen molar-refractivity contribution in [2.45, 2.75) is 51.7 Å². The van der Waals surface area contributed by atoms with Gasteiger partial charge in [-0.25, -0.2) is 4.98 Å². The Kier molecular flexibility index (Phi) is 8.51. The number of carbonyl (C=O) groups excluding carboxylic acids is 1. The number of amides is 1. The molecule has 0 saturated heterocycles. The molecule has 172 valence electrons. The minimum atomic E-state index is -0.193. The number of ether oxygens (including phenoxy) is 1. The number of hydrogen-bond donors (Lipinski definition) is 2. The van der Waals surface area contributed by atoms with Gasteiger partial charge in [-0.1, -0.05) is 31.5 Å². The van der Waals surface area contributed by atoms with Gasteiger partial charge in [0.05, 0.1) is 16.0 Å². The maximum absolute atomic E-state index is 12.7. The van der Waals surface area contributed by atoms with Gasteiger partial charge in [0.15, 0.2) is 0 Å². The molecule has 8 heteroatoms. The van der Waals surface area contributed by atoms with Crippen molar-refractivity contribution in [1.29, 1.82) is 0 Å². The van der Waals surface area contributed by atoms with Gasteiger partial charge in [0.1, 0.15) is 10.7 Å². The maximum atomic E-state index is 12.7. The third-order valence-electron chi connectivity index (χ3n) is 4.97. The zero-order valence-electron chi connectivity index (χ0n) is 19.3. The number of benzene rings is 1. The summed E-state index contributed by atoms with van der Waals surface area (Å²) >= 11 is 2.93. The number of rotatable bonds is 10. The highest BCUT2D eigenvalue weighted by atomic mass is 32.2. The van der Waals surface area contributed by atoms with Gasteiger partial charge in [-0.3, -0.25) is 9.59 Å². The number of fused-ring (bicyclic) bond motifs is 1. The Hall–Kier alpha value is -2.16. The predicted octanol–water partition coefficient (Wildman–Crippen LogP) is 4.99. The van der Waals surface area contributed by atoms with Gasteiger partial charge in [0.2, 0.25) is 0 Å². The minimum Gasteiger partial charge on any atom is -0.381 e. The van der Waals surface area contributed by atoms with Crippen LogP contribution < -0.4 is 10.9 Å². The van der Waals surface area contributed by atoms with Crippen LogP contribution in [0.2, 0.25) is 0 Å². The molecule has 1 amide bonds. The fourth-order valence-electron chi connectivity index (χ4n) is 3.26. The van der Waals surface area contributed by atoms with Gasteiger partial charge in [0, 0.05) is 24.7 Å². The number of thioether (sulfide) groups is 1. The van der Waals surface area contributed by atoms with Crippen molar-refractivity contribution in [3.05, 3.63) is 55.9 Å². The average molecular weight is 474 g/mol. The van der Waals surface area contributed by atoms with Crippen molar-refractivity contribution in [1.82, 2.24) is 15.3 Å². The summed E-state index contributed by atoms with van der Waals surface area (Å²) in [5.41, 5.74) is 2.89. The second-order valence-electron chi connectivity index (χ2n) is 8.38. The van der Waals surface area contributed by atoms with E-state index in [1.807, 2.05) is 0 Å². The quantitative estimate of drug-likeness (QED) is 0.320. The number of nitrogens with one attached hydrogen (secondary N) is 2. The van der Waals surface area contributed by atoms with Crippen LogP contribution in [0.15, 0.2) is 27.9 Å². The van der Waals surface area contributed by atoms with Crippen molar-refractivity contribution < 1.29 is 9.53 Å². The number of nitrogens with zero attached hydrogens (tertiary/aromatic N) is 1. The largest absolute Gasteiger partial charge is 0.381 e. The predicted molar refractivity (Wildman–Crippen MR) is 133 cm³/mol. The lowest BCUT2D eigenvalue weighted by molar-refractivity contribution is 0.0928. The van der Waals surface area contributed by atoms with E-state index in [4.69, 9.17) is 4.74 Å². The van der Waals surface area contributed by atoms with Crippen LogP contribution in [0.25, 0.3) is 10.2 Å². The fourth-order valence-corrected chi connectivity index (χ4v) is 5.37. The van der Waals surface area contributed by atoms with Gasteiger partial charge in [0.25, 0.3) is 11.5 Å². The number of hydrogen-bond acceptors (Lipinski definition) is 6. The first kappa shape index (κ1) is 24.5. The zero-order chi connectivity index (χ0) is 23.3. The van der Waals surface area contributed by atoms with Gasteiger partial charge in [-0.05, 0) is 50.3 Å². The van der Waals surface area contributed by atoms with Crippen LogP contribution in [-0.4, -0.2) is 35.6 Å². The van der Waals surface area contributed by atoms with Crippen molar-refractivity contribution in [2.75, 3.05) is 19.8 Å². The lowest BCUT2D eigenvalue weighted by atomic mass is 10.2. The molecule has 0 atom stereocenters. The molecular formula is C24H31N3O3S2. The van der Waals surface area contributed by atoms with Gasteiger partial charge in [-0.2, -0.15) is 0 Å². The van der Waals surface area contributed by atoms with E-state index in [9.17, 15) is 9.59 Å². The fraction of sp³-hybridized carbons (Fsp3) is 0.458. The summed E-state index contributed by atoms with van der Waals surface area (Å²) < 4.78 is 5.55. The van der Waals surface area contributed by atoms with Crippen LogP contribution >= 0.6 is 23.1 Å². The molecule has 0 aliphatic carbocycles. The van der Waals surface area contributed by atoms with Crippen LogP contribution in [-0.2, 0) is 10.5 Å². The smallest absolute Gasteiger partial charge is 0.261 e. The summed E-state index contributed by atoms with van der Waals surface area (Å²) in [7, 11) is 0. The molecule has 32 heavy (non-hydrogen) atoms. The Balaban J connectivity index is 1.68. The number of carbonyl (C=O) groups is 1. The SMILES string of the molecule is Cc1ccc(C)c(SCc2nc3sc(C(=O)NCCCOCC(C)C)c(C)c3c(=O)[nH]2)c1. The molecule has 0 fully saturated rings.